The standard InChI is InChI=1S/C16H25NO2/c1-9(2)7-14-12(10(3)4)8-13(16(18)19)15(17-14)11(5)6/h8-11H,7H2,1-6H3,(H,18,19). The number of aromatic nitrogens is 1. The maximum absolute atomic E-state index is 11.4. The van der Waals surface area contributed by atoms with Crippen molar-refractivity contribution in [2.24, 2.45) is 5.92 Å². The summed E-state index contributed by atoms with van der Waals surface area (Å²) in [4.78, 5) is 16.1. The van der Waals surface area contributed by atoms with Crippen molar-refractivity contribution in [3.05, 3.63) is 28.6 Å². The molecule has 0 radical (unpaired) electrons. The van der Waals surface area contributed by atoms with Crippen LogP contribution in [0, 0.1) is 5.92 Å². The molecule has 1 aromatic rings. The molecule has 19 heavy (non-hydrogen) atoms. The minimum atomic E-state index is -0.880. The van der Waals surface area contributed by atoms with Gasteiger partial charge in [0.1, 0.15) is 0 Å². The minimum absolute atomic E-state index is 0.123. The third-order valence-corrected chi connectivity index (χ3v) is 3.17. The maximum Gasteiger partial charge on any atom is 0.337 e. The highest BCUT2D eigenvalue weighted by Crippen LogP contribution is 2.27. The lowest BCUT2D eigenvalue weighted by Crippen LogP contribution is -2.13. The summed E-state index contributed by atoms with van der Waals surface area (Å²) in [5, 5.41) is 9.35. The highest BCUT2D eigenvalue weighted by atomic mass is 16.4. The van der Waals surface area contributed by atoms with E-state index in [1.807, 2.05) is 19.9 Å². The summed E-state index contributed by atoms with van der Waals surface area (Å²) in [7, 11) is 0. The molecule has 0 aliphatic heterocycles. The van der Waals surface area contributed by atoms with Crippen LogP contribution >= 0.6 is 0 Å². The van der Waals surface area contributed by atoms with Gasteiger partial charge < -0.3 is 5.11 Å². The average molecular weight is 263 g/mol. The van der Waals surface area contributed by atoms with Crippen molar-refractivity contribution in [2.45, 2.75) is 59.8 Å². The van der Waals surface area contributed by atoms with Crippen molar-refractivity contribution in [3.8, 4) is 0 Å². The number of carbonyl (C=O) groups is 1. The van der Waals surface area contributed by atoms with Gasteiger partial charge in [-0.2, -0.15) is 0 Å². The minimum Gasteiger partial charge on any atom is -0.478 e. The van der Waals surface area contributed by atoms with Gasteiger partial charge in [-0.15, -0.1) is 0 Å². The number of hydrogen-bond acceptors (Lipinski definition) is 2. The largest absolute Gasteiger partial charge is 0.478 e. The molecule has 3 nitrogen and oxygen atoms in total. The Morgan fingerprint density at radius 3 is 2.11 bits per heavy atom. The summed E-state index contributed by atoms with van der Waals surface area (Å²) in [6, 6.07) is 1.83. The van der Waals surface area contributed by atoms with Crippen LogP contribution in [0.25, 0.3) is 0 Å². The monoisotopic (exact) mass is 263 g/mol. The van der Waals surface area contributed by atoms with E-state index in [4.69, 9.17) is 0 Å². The van der Waals surface area contributed by atoms with Gasteiger partial charge in [0.05, 0.1) is 11.3 Å². The number of hydrogen-bond donors (Lipinski definition) is 1. The fourth-order valence-corrected chi connectivity index (χ4v) is 2.24. The zero-order valence-electron chi connectivity index (χ0n) is 12.8. The summed E-state index contributed by atoms with van der Waals surface area (Å²) in [6.45, 7) is 12.5. The van der Waals surface area contributed by atoms with Gasteiger partial charge in [0.15, 0.2) is 0 Å². The Labute approximate surface area is 116 Å². The van der Waals surface area contributed by atoms with Crippen molar-refractivity contribution >= 4 is 5.97 Å². The van der Waals surface area contributed by atoms with Crippen LogP contribution in [0.4, 0.5) is 0 Å². The molecule has 0 unspecified atom stereocenters. The van der Waals surface area contributed by atoms with Crippen LogP contribution < -0.4 is 0 Å². The van der Waals surface area contributed by atoms with Crippen LogP contribution in [0.1, 0.15) is 80.7 Å². The molecule has 3 heteroatoms. The lowest BCUT2D eigenvalue weighted by Gasteiger charge is -2.18. The van der Waals surface area contributed by atoms with Gasteiger partial charge in [0.25, 0.3) is 0 Å². The Kier molecular flexibility index (Phi) is 5.10. The summed E-state index contributed by atoms with van der Waals surface area (Å²) in [5.41, 5.74) is 3.17. The quantitative estimate of drug-likeness (QED) is 0.865. The second kappa shape index (κ2) is 6.18. The molecule has 0 aromatic carbocycles. The molecule has 0 saturated carbocycles. The first-order chi connectivity index (χ1) is 8.73. The normalized spacial score (nSPS) is 11.6. The Morgan fingerprint density at radius 1 is 1.16 bits per heavy atom. The van der Waals surface area contributed by atoms with E-state index in [9.17, 15) is 9.90 Å². The lowest BCUT2D eigenvalue weighted by atomic mass is 9.92. The van der Waals surface area contributed by atoms with Crippen LogP contribution in [-0.4, -0.2) is 16.1 Å². The molecule has 0 aliphatic rings. The highest BCUT2D eigenvalue weighted by molar-refractivity contribution is 5.89. The third kappa shape index (κ3) is 3.79. The molecule has 0 bridgehead atoms. The molecule has 1 rings (SSSR count). The first kappa shape index (κ1) is 15.7. The molecule has 106 valence electrons. The van der Waals surface area contributed by atoms with Crippen LogP contribution in [0.3, 0.4) is 0 Å². The Hall–Kier alpha value is -1.38. The van der Waals surface area contributed by atoms with E-state index in [-0.39, 0.29) is 5.92 Å². The van der Waals surface area contributed by atoms with Gasteiger partial charge in [-0.05, 0) is 35.8 Å². The van der Waals surface area contributed by atoms with Gasteiger partial charge in [0.2, 0.25) is 0 Å². The molecule has 0 atom stereocenters. The van der Waals surface area contributed by atoms with Gasteiger partial charge in [-0.3, -0.25) is 4.98 Å². The van der Waals surface area contributed by atoms with Crippen LogP contribution in [-0.2, 0) is 6.42 Å². The second-order valence-electron chi connectivity index (χ2n) is 6.17. The topological polar surface area (TPSA) is 50.2 Å². The average Bonchev–Trinajstić information content (AvgIpc) is 2.26. The highest BCUT2D eigenvalue weighted by Gasteiger charge is 2.20. The molecule has 0 fully saturated rings. The molecule has 0 amide bonds. The number of rotatable bonds is 5. The van der Waals surface area contributed by atoms with E-state index < -0.39 is 5.97 Å². The fourth-order valence-electron chi connectivity index (χ4n) is 2.24. The Morgan fingerprint density at radius 2 is 1.74 bits per heavy atom. The predicted octanol–water partition coefficient (Wildman–Crippen LogP) is 4.23. The first-order valence-electron chi connectivity index (χ1n) is 7.01. The molecule has 1 heterocycles. The molecule has 0 spiro atoms. The molecule has 0 saturated heterocycles. The number of nitrogens with zero attached hydrogens (tertiary/aromatic N) is 1. The second-order valence-corrected chi connectivity index (χ2v) is 6.17. The van der Waals surface area contributed by atoms with Crippen molar-refractivity contribution in [1.29, 1.82) is 0 Å². The summed E-state index contributed by atoms with van der Waals surface area (Å²) >= 11 is 0. The van der Waals surface area contributed by atoms with Gasteiger partial charge in [0, 0.05) is 5.69 Å². The van der Waals surface area contributed by atoms with Gasteiger partial charge >= 0.3 is 5.97 Å². The van der Waals surface area contributed by atoms with Crippen molar-refractivity contribution in [1.82, 2.24) is 4.98 Å². The number of pyridine rings is 1. The Bertz CT molecular complexity index is 462. The molecule has 1 aromatic heterocycles. The zero-order chi connectivity index (χ0) is 14.7. The summed E-state index contributed by atoms with van der Waals surface area (Å²) in [5.74, 6) is 0.0497. The van der Waals surface area contributed by atoms with Crippen molar-refractivity contribution < 1.29 is 9.90 Å². The van der Waals surface area contributed by atoms with Gasteiger partial charge in [-0.1, -0.05) is 41.5 Å². The van der Waals surface area contributed by atoms with Crippen LogP contribution in [0.2, 0.25) is 0 Å². The van der Waals surface area contributed by atoms with Crippen molar-refractivity contribution in [3.63, 3.8) is 0 Å². The third-order valence-electron chi connectivity index (χ3n) is 3.17. The fraction of sp³-hybridized carbons (Fsp3) is 0.625. The van der Waals surface area contributed by atoms with E-state index in [0.29, 0.717) is 23.1 Å². The van der Waals surface area contributed by atoms with E-state index in [0.717, 1.165) is 17.7 Å². The van der Waals surface area contributed by atoms with Gasteiger partial charge in [-0.25, -0.2) is 4.79 Å². The number of carboxylic acids is 1. The molecule has 1 N–H and O–H groups in total. The molecule has 0 aliphatic carbocycles. The van der Waals surface area contributed by atoms with E-state index in [1.54, 1.807) is 0 Å². The van der Waals surface area contributed by atoms with Crippen LogP contribution in [0.15, 0.2) is 6.07 Å². The first-order valence-corrected chi connectivity index (χ1v) is 7.01. The maximum atomic E-state index is 11.4. The number of carboxylic acid groups (broad SMARTS) is 1. The molecular formula is C16H25NO2. The molecular weight excluding hydrogens is 238 g/mol. The van der Waals surface area contributed by atoms with E-state index >= 15 is 0 Å². The van der Waals surface area contributed by atoms with E-state index in [1.165, 1.54) is 0 Å². The lowest BCUT2D eigenvalue weighted by molar-refractivity contribution is 0.0694. The summed E-state index contributed by atoms with van der Waals surface area (Å²) < 4.78 is 0. The predicted molar refractivity (Wildman–Crippen MR) is 77.9 cm³/mol. The van der Waals surface area contributed by atoms with Crippen LogP contribution in [0.5, 0.6) is 0 Å². The summed E-state index contributed by atoms with van der Waals surface area (Å²) in [6.07, 6.45) is 0.896. The number of aromatic carboxylic acids is 1. The zero-order valence-corrected chi connectivity index (χ0v) is 12.8. The van der Waals surface area contributed by atoms with Crippen molar-refractivity contribution in [2.75, 3.05) is 0 Å². The van der Waals surface area contributed by atoms with E-state index in [2.05, 4.69) is 32.7 Å². The SMILES string of the molecule is CC(C)Cc1nc(C(C)C)c(C(=O)O)cc1C(C)C. The Balaban J connectivity index is 3.45. The smallest absolute Gasteiger partial charge is 0.337 e.